The van der Waals surface area contributed by atoms with Gasteiger partial charge in [-0.05, 0) is 5.56 Å². The number of rotatable bonds is 4. The van der Waals surface area contributed by atoms with Crippen molar-refractivity contribution in [1.29, 1.82) is 0 Å². The van der Waals surface area contributed by atoms with E-state index in [4.69, 9.17) is 11.6 Å². The van der Waals surface area contributed by atoms with E-state index in [1.54, 1.807) is 13.1 Å². The molecule has 1 aromatic heterocycles. The topological polar surface area (TPSA) is 49.8 Å². The molecule has 0 aliphatic carbocycles. The van der Waals surface area contributed by atoms with Crippen LogP contribution >= 0.6 is 11.6 Å². The van der Waals surface area contributed by atoms with Crippen molar-refractivity contribution in [1.82, 2.24) is 9.97 Å². The van der Waals surface area contributed by atoms with Crippen LogP contribution in [0.25, 0.3) is 0 Å². The van der Waals surface area contributed by atoms with Crippen molar-refractivity contribution in [3.05, 3.63) is 47.1 Å². The number of hydrogen-bond acceptors (Lipinski definition) is 4. The number of hydrogen-bond donors (Lipinski definition) is 2. The van der Waals surface area contributed by atoms with Crippen LogP contribution < -0.4 is 10.6 Å². The Morgan fingerprint density at radius 1 is 1.18 bits per heavy atom. The first-order chi connectivity index (χ1) is 8.28. The fraction of sp³-hybridized carbons (Fsp3) is 0.167. The largest absolute Gasteiger partial charge is 0.373 e. The van der Waals surface area contributed by atoms with Gasteiger partial charge in [0.15, 0.2) is 0 Å². The molecule has 1 heterocycles. The SMILES string of the molecule is CNc1cc(Cl)nc(NCc2ccccc2)n1. The standard InChI is InChI=1S/C12H13ClN4/c1-14-11-7-10(13)16-12(17-11)15-8-9-5-3-2-4-6-9/h2-7H,8H2,1H3,(H2,14,15,16,17). The number of halogens is 1. The first kappa shape index (κ1) is 11.7. The third kappa shape index (κ3) is 3.32. The smallest absolute Gasteiger partial charge is 0.226 e. The zero-order valence-electron chi connectivity index (χ0n) is 9.44. The molecule has 0 saturated heterocycles. The Hall–Kier alpha value is -1.81. The summed E-state index contributed by atoms with van der Waals surface area (Å²) in [7, 11) is 1.79. The average Bonchev–Trinajstić information content (AvgIpc) is 2.37. The van der Waals surface area contributed by atoms with Crippen molar-refractivity contribution in [2.75, 3.05) is 17.7 Å². The van der Waals surface area contributed by atoms with Crippen LogP contribution in [0.4, 0.5) is 11.8 Å². The molecule has 1 aromatic carbocycles. The zero-order valence-corrected chi connectivity index (χ0v) is 10.2. The Labute approximate surface area is 105 Å². The molecule has 0 spiro atoms. The van der Waals surface area contributed by atoms with Crippen LogP contribution in [0.15, 0.2) is 36.4 Å². The van der Waals surface area contributed by atoms with Crippen molar-refractivity contribution in [2.45, 2.75) is 6.54 Å². The van der Waals surface area contributed by atoms with Gasteiger partial charge in [0.05, 0.1) is 0 Å². The van der Waals surface area contributed by atoms with Gasteiger partial charge < -0.3 is 10.6 Å². The van der Waals surface area contributed by atoms with E-state index < -0.39 is 0 Å². The molecule has 0 amide bonds. The lowest BCUT2D eigenvalue weighted by Crippen LogP contribution is -2.05. The molecule has 17 heavy (non-hydrogen) atoms. The molecule has 0 radical (unpaired) electrons. The molecule has 0 bridgehead atoms. The van der Waals surface area contributed by atoms with Crippen LogP contribution in [0.2, 0.25) is 5.15 Å². The summed E-state index contributed by atoms with van der Waals surface area (Å²) in [5, 5.41) is 6.48. The molecule has 4 nitrogen and oxygen atoms in total. The Morgan fingerprint density at radius 3 is 2.65 bits per heavy atom. The minimum absolute atomic E-state index is 0.417. The van der Waals surface area contributed by atoms with E-state index in [0.717, 1.165) is 0 Å². The molecular weight excluding hydrogens is 236 g/mol. The summed E-state index contributed by atoms with van der Waals surface area (Å²) < 4.78 is 0. The summed E-state index contributed by atoms with van der Waals surface area (Å²) in [4.78, 5) is 8.35. The minimum atomic E-state index is 0.417. The maximum Gasteiger partial charge on any atom is 0.226 e. The summed E-state index contributed by atoms with van der Waals surface area (Å²) >= 11 is 5.88. The second-order valence-electron chi connectivity index (χ2n) is 3.49. The highest BCUT2D eigenvalue weighted by Gasteiger charge is 2.01. The predicted molar refractivity (Wildman–Crippen MR) is 70.4 cm³/mol. The lowest BCUT2D eigenvalue weighted by atomic mass is 10.2. The van der Waals surface area contributed by atoms with E-state index in [0.29, 0.717) is 23.5 Å². The third-order valence-electron chi connectivity index (χ3n) is 2.24. The van der Waals surface area contributed by atoms with E-state index in [-0.39, 0.29) is 0 Å². The lowest BCUT2D eigenvalue weighted by Gasteiger charge is -2.07. The maximum absolute atomic E-state index is 5.88. The number of nitrogens with one attached hydrogen (secondary N) is 2. The number of benzene rings is 1. The highest BCUT2D eigenvalue weighted by Crippen LogP contribution is 2.14. The van der Waals surface area contributed by atoms with Crippen molar-refractivity contribution in [2.24, 2.45) is 0 Å². The van der Waals surface area contributed by atoms with Crippen LogP contribution in [0, 0.1) is 0 Å². The van der Waals surface area contributed by atoms with Gasteiger partial charge >= 0.3 is 0 Å². The summed E-state index contributed by atoms with van der Waals surface area (Å²) in [6.45, 7) is 0.671. The second kappa shape index (κ2) is 5.50. The van der Waals surface area contributed by atoms with Gasteiger partial charge in [-0.1, -0.05) is 41.9 Å². The Bertz CT molecular complexity index is 487. The van der Waals surface area contributed by atoms with Gasteiger partial charge in [0.25, 0.3) is 0 Å². The molecule has 0 atom stereocenters. The van der Waals surface area contributed by atoms with Crippen LogP contribution in [-0.4, -0.2) is 17.0 Å². The predicted octanol–water partition coefficient (Wildman–Crippen LogP) is 2.78. The maximum atomic E-state index is 5.88. The number of anilines is 2. The minimum Gasteiger partial charge on any atom is -0.373 e. The summed E-state index contributed by atoms with van der Waals surface area (Å²) in [5.41, 5.74) is 1.17. The monoisotopic (exact) mass is 248 g/mol. The molecule has 0 fully saturated rings. The van der Waals surface area contributed by atoms with Crippen molar-refractivity contribution in [3.63, 3.8) is 0 Å². The Balaban J connectivity index is 2.06. The molecule has 0 aliphatic rings. The number of nitrogens with zero attached hydrogens (tertiary/aromatic N) is 2. The van der Waals surface area contributed by atoms with Crippen molar-refractivity contribution >= 4 is 23.4 Å². The van der Waals surface area contributed by atoms with Gasteiger partial charge in [0.2, 0.25) is 5.95 Å². The number of aromatic nitrogens is 2. The van der Waals surface area contributed by atoms with E-state index >= 15 is 0 Å². The lowest BCUT2D eigenvalue weighted by molar-refractivity contribution is 1.05. The normalized spacial score (nSPS) is 10.0. The van der Waals surface area contributed by atoms with E-state index in [1.165, 1.54) is 5.56 Å². The second-order valence-corrected chi connectivity index (χ2v) is 3.88. The summed E-state index contributed by atoms with van der Waals surface area (Å²) in [6.07, 6.45) is 0. The van der Waals surface area contributed by atoms with Crippen molar-refractivity contribution in [3.8, 4) is 0 Å². The van der Waals surface area contributed by atoms with Gasteiger partial charge in [0, 0.05) is 19.7 Å². The van der Waals surface area contributed by atoms with Gasteiger partial charge in [-0.3, -0.25) is 0 Å². The average molecular weight is 249 g/mol. The van der Waals surface area contributed by atoms with Crippen molar-refractivity contribution < 1.29 is 0 Å². The van der Waals surface area contributed by atoms with Crippen LogP contribution in [0.3, 0.4) is 0 Å². The Morgan fingerprint density at radius 2 is 1.94 bits per heavy atom. The van der Waals surface area contributed by atoms with E-state index in [9.17, 15) is 0 Å². The molecule has 5 heteroatoms. The van der Waals surface area contributed by atoms with Gasteiger partial charge in [0.1, 0.15) is 11.0 Å². The highest BCUT2D eigenvalue weighted by atomic mass is 35.5. The first-order valence-electron chi connectivity index (χ1n) is 5.28. The fourth-order valence-electron chi connectivity index (χ4n) is 1.40. The highest BCUT2D eigenvalue weighted by molar-refractivity contribution is 6.29. The fourth-order valence-corrected chi connectivity index (χ4v) is 1.59. The quantitative estimate of drug-likeness (QED) is 0.817. The van der Waals surface area contributed by atoms with Gasteiger partial charge in [-0.2, -0.15) is 4.98 Å². The van der Waals surface area contributed by atoms with Gasteiger partial charge in [-0.15, -0.1) is 0 Å². The Kier molecular flexibility index (Phi) is 3.77. The summed E-state index contributed by atoms with van der Waals surface area (Å²) in [5.74, 6) is 1.21. The van der Waals surface area contributed by atoms with E-state index in [2.05, 4.69) is 20.6 Å². The third-order valence-corrected chi connectivity index (χ3v) is 2.44. The van der Waals surface area contributed by atoms with E-state index in [1.807, 2.05) is 30.3 Å². The zero-order chi connectivity index (χ0) is 12.1. The molecule has 2 N–H and O–H groups in total. The summed E-state index contributed by atoms with van der Waals surface area (Å²) in [6, 6.07) is 11.7. The molecule has 0 saturated carbocycles. The van der Waals surface area contributed by atoms with Crippen LogP contribution in [0.1, 0.15) is 5.56 Å². The van der Waals surface area contributed by atoms with Crippen LogP contribution in [-0.2, 0) is 6.54 Å². The molecule has 88 valence electrons. The van der Waals surface area contributed by atoms with Crippen LogP contribution in [0.5, 0.6) is 0 Å². The molecule has 0 unspecified atom stereocenters. The molecular formula is C12H13ClN4. The molecule has 2 rings (SSSR count). The van der Waals surface area contributed by atoms with Gasteiger partial charge in [-0.25, -0.2) is 4.98 Å². The molecule has 0 aliphatic heterocycles. The molecule has 2 aromatic rings. The first-order valence-corrected chi connectivity index (χ1v) is 5.66.